The van der Waals surface area contributed by atoms with Crippen LogP contribution in [0.25, 0.3) is 16.8 Å². The summed E-state index contributed by atoms with van der Waals surface area (Å²) in [6, 6.07) is 32.4. The Hall–Kier alpha value is -3.98. The second-order valence-electron chi connectivity index (χ2n) is 6.99. The van der Waals surface area contributed by atoms with E-state index in [2.05, 4.69) is 0 Å². The van der Waals surface area contributed by atoms with Crippen LogP contribution in [0.2, 0.25) is 0 Å². The lowest BCUT2D eigenvalue weighted by atomic mass is 10.0. The van der Waals surface area contributed by atoms with Gasteiger partial charge in [-0.3, -0.25) is 14.5 Å². The number of hydrogen-bond donors (Lipinski definition) is 0. The summed E-state index contributed by atoms with van der Waals surface area (Å²) in [5.74, 6) is -0.654. The summed E-state index contributed by atoms with van der Waals surface area (Å²) in [7, 11) is 0. The van der Waals surface area contributed by atoms with Gasteiger partial charge >= 0.3 is 0 Å². The molecule has 0 fully saturated rings. The van der Waals surface area contributed by atoms with E-state index in [1.807, 2.05) is 97.1 Å². The van der Waals surface area contributed by atoms with Gasteiger partial charge in [-0.2, -0.15) is 0 Å². The van der Waals surface area contributed by atoms with Crippen molar-refractivity contribution in [2.75, 3.05) is 0 Å². The molecule has 0 N–H and O–H groups in total. The molecule has 0 aliphatic carbocycles. The number of fused-ring (bicyclic) bond motifs is 1. The molecule has 30 heavy (non-hydrogen) atoms. The lowest BCUT2D eigenvalue weighted by Crippen LogP contribution is -2.35. The van der Waals surface area contributed by atoms with E-state index in [0.29, 0.717) is 5.56 Å². The van der Waals surface area contributed by atoms with Gasteiger partial charge in [0, 0.05) is 11.6 Å². The molecule has 0 aromatic heterocycles. The van der Waals surface area contributed by atoms with Crippen LogP contribution in [0.1, 0.15) is 21.5 Å². The lowest BCUT2D eigenvalue weighted by molar-refractivity contribution is -0.124. The first-order chi connectivity index (χ1) is 14.7. The zero-order chi connectivity index (χ0) is 20.8. The molecule has 0 atom stereocenters. The average molecular weight is 391 g/mol. The minimum atomic E-state index is -0.347. The second kappa shape index (κ2) is 9.01. The van der Waals surface area contributed by atoms with Crippen LogP contribution < -0.4 is 0 Å². The molecular formula is C27H21NO2. The molecule has 0 heterocycles. The first kappa shape index (κ1) is 19.3. The molecule has 0 spiro atoms. The van der Waals surface area contributed by atoms with Gasteiger partial charge in [-0.25, -0.2) is 0 Å². The molecule has 146 valence electrons. The summed E-state index contributed by atoms with van der Waals surface area (Å²) >= 11 is 0. The SMILES string of the molecule is O=C(/C=C/c1ccccc1)N(Cc1ccccc1)C(=O)c1cccc2ccccc12. The third-order valence-electron chi connectivity index (χ3n) is 4.93. The van der Waals surface area contributed by atoms with Crippen LogP contribution in [0.3, 0.4) is 0 Å². The number of amides is 2. The normalized spacial score (nSPS) is 10.9. The molecule has 0 radical (unpaired) electrons. The van der Waals surface area contributed by atoms with Crippen molar-refractivity contribution in [1.29, 1.82) is 0 Å². The summed E-state index contributed by atoms with van der Waals surface area (Å²) in [4.78, 5) is 27.9. The van der Waals surface area contributed by atoms with Crippen molar-refractivity contribution in [2.24, 2.45) is 0 Å². The van der Waals surface area contributed by atoms with Crippen molar-refractivity contribution in [3.63, 3.8) is 0 Å². The highest BCUT2D eigenvalue weighted by molar-refractivity contribution is 6.14. The number of hydrogen-bond acceptors (Lipinski definition) is 2. The smallest absolute Gasteiger partial charge is 0.261 e. The van der Waals surface area contributed by atoms with E-state index < -0.39 is 0 Å². The number of benzene rings is 4. The van der Waals surface area contributed by atoms with Crippen LogP contribution in [0.4, 0.5) is 0 Å². The molecular weight excluding hydrogens is 370 g/mol. The van der Waals surface area contributed by atoms with Gasteiger partial charge < -0.3 is 0 Å². The number of rotatable bonds is 5. The van der Waals surface area contributed by atoms with E-state index in [1.165, 1.54) is 11.0 Å². The fraction of sp³-hybridized carbons (Fsp3) is 0.0370. The topological polar surface area (TPSA) is 37.4 Å². The first-order valence-corrected chi connectivity index (χ1v) is 9.83. The predicted molar refractivity (Wildman–Crippen MR) is 121 cm³/mol. The Labute approximate surface area is 175 Å². The fourth-order valence-corrected chi connectivity index (χ4v) is 3.39. The minimum Gasteiger partial charge on any atom is -0.270 e. The van der Waals surface area contributed by atoms with E-state index in [4.69, 9.17) is 0 Å². The standard InChI is InChI=1S/C27H21NO2/c29-26(19-18-21-10-3-1-4-11-21)28(20-22-12-5-2-6-13-22)27(30)25-17-9-15-23-14-7-8-16-24(23)25/h1-19H,20H2/b19-18+. The largest absolute Gasteiger partial charge is 0.270 e. The van der Waals surface area contributed by atoms with Crippen LogP contribution in [-0.4, -0.2) is 16.7 Å². The van der Waals surface area contributed by atoms with Crippen LogP contribution in [0, 0.1) is 0 Å². The van der Waals surface area contributed by atoms with E-state index >= 15 is 0 Å². The Morgan fingerprint density at radius 2 is 1.33 bits per heavy atom. The third-order valence-corrected chi connectivity index (χ3v) is 4.93. The zero-order valence-corrected chi connectivity index (χ0v) is 16.4. The minimum absolute atomic E-state index is 0.209. The lowest BCUT2D eigenvalue weighted by Gasteiger charge is -2.20. The fourth-order valence-electron chi connectivity index (χ4n) is 3.39. The van der Waals surface area contributed by atoms with Crippen molar-refractivity contribution in [3.05, 3.63) is 126 Å². The van der Waals surface area contributed by atoms with Gasteiger partial charge in [-0.15, -0.1) is 0 Å². The zero-order valence-electron chi connectivity index (χ0n) is 16.4. The van der Waals surface area contributed by atoms with Crippen LogP contribution >= 0.6 is 0 Å². The first-order valence-electron chi connectivity index (χ1n) is 9.83. The molecule has 4 aromatic rings. The van der Waals surface area contributed by atoms with Crippen molar-refractivity contribution in [3.8, 4) is 0 Å². The van der Waals surface area contributed by atoms with Gasteiger partial charge in [0.1, 0.15) is 0 Å². The molecule has 0 aliphatic heterocycles. The van der Waals surface area contributed by atoms with Gasteiger partial charge in [-0.1, -0.05) is 97.1 Å². The molecule has 2 amide bonds. The van der Waals surface area contributed by atoms with Crippen molar-refractivity contribution in [2.45, 2.75) is 6.54 Å². The van der Waals surface area contributed by atoms with E-state index in [1.54, 1.807) is 12.1 Å². The van der Waals surface area contributed by atoms with E-state index in [0.717, 1.165) is 21.9 Å². The number of imide groups is 1. The molecule has 0 unspecified atom stereocenters. The molecule has 3 heteroatoms. The molecule has 0 saturated heterocycles. The molecule has 4 rings (SSSR count). The van der Waals surface area contributed by atoms with Crippen molar-refractivity contribution in [1.82, 2.24) is 4.90 Å². The predicted octanol–water partition coefficient (Wildman–Crippen LogP) is 5.72. The van der Waals surface area contributed by atoms with Crippen LogP contribution in [0.15, 0.2) is 109 Å². The van der Waals surface area contributed by atoms with Crippen molar-refractivity contribution < 1.29 is 9.59 Å². The quantitative estimate of drug-likeness (QED) is 0.408. The maximum absolute atomic E-state index is 13.5. The Kier molecular flexibility index (Phi) is 5.81. The van der Waals surface area contributed by atoms with Gasteiger partial charge in [-0.05, 0) is 34.0 Å². The number of nitrogens with zero attached hydrogens (tertiary/aromatic N) is 1. The average Bonchev–Trinajstić information content (AvgIpc) is 2.81. The monoisotopic (exact) mass is 391 g/mol. The summed E-state index contributed by atoms with van der Waals surface area (Å²) in [5.41, 5.74) is 2.32. The van der Waals surface area contributed by atoms with Crippen LogP contribution in [-0.2, 0) is 11.3 Å². The van der Waals surface area contributed by atoms with Gasteiger partial charge in [0.05, 0.1) is 6.54 Å². The highest BCUT2D eigenvalue weighted by atomic mass is 16.2. The molecule has 3 nitrogen and oxygen atoms in total. The number of carbonyl (C=O) groups excluding carboxylic acids is 2. The maximum Gasteiger partial charge on any atom is 0.261 e. The van der Waals surface area contributed by atoms with Gasteiger partial charge in [0.25, 0.3) is 11.8 Å². The van der Waals surface area contributed by atoms with E-state index in [-0.39, 0.29) is 18.4 Å². The summed E-state index contributed by atoms with van der Waals surface area (Å²) < 4.78 is 0. The summed E-state index contributed by atoms with van der Waals surface area (Å²) in [6.07, 6.45) is 3.19. The highest BCUT2D eigenvalue weighted by Gasteiger charge is 2.23. The molecule has 0 bridgehead atoms. The summed E-state index contributed by atoms with van der Waals surface area (Å²) in [5, 5.41) is 1.80. The summed E-state index contributed by atoms with van der Waals surface area (Å²) in [6.45, 7) is 0.209. The van der Waals surface area contributed by atoms with Crippen molar-refractivity contribution >= 4 is 28.7 Å². The van der Waals surface area contributed by atoms with Gasteiger partial charge in [0.2, 0.25) is 0 Å². The second-order valence-corrected chi connectivity index (χ2v) is 6.99. The number of carbonyl (C=O) groups is 2. The van der Waals surface area contributed by atoms with Crippen LogP contribution in [0.5, 0.6) is 0 Å². The third kappa shape index (κ3) is 4.36. The highest BCUT2D eigenvalue weighted by Crippen LogP contribution is 2.21. The Bertz CT molecular complexity index is 1190. The Morgan fingerprint density at radius 3 is 2.10 bits per heavy atom. The molecule has 0 saturated carbocycles. The molecule has 0 aliphatic rings. The Morgan fingerprint density at radius 1 is 0.700 bits per heavy atom. The molecule has 4 aromatic carbocycles. The van der Waals surface area contributed by atoms with Gasteiger partial charge in [0.15, 0.2) is 0 Å². The van der Waals surface area contributed by atoms with E-state index in [9.17, 15) is 9.59 Å². The Balaban J connectivity index is 1.70. The maximum atomic E-state index is 13.5.